The SMILES string of the molecule is COc1ccnc(Cc2ccccc2)c1Cc1ccccc1. The molecular weight excluding hydrogens is 270 g/mol. The minimum Gasteiger partial charge on any atom is -0.496 e. The first-order valence-electron chi connectivity index (χ1n) is 7.45. The average Bonchev–Trinajstić information content (AvgIpc) is 2.58. The van der Waals surface area contributed by atoms with Gasteiger partial charge in [-0.15, -0.1) is 0 Å². The van der Waals surface area contributed by atoms with E-state index in [1.807, 2.05) is 24.4 Å². The maximum Gasteiger partial charge on any atom is 0.125 e. The molecule has 110 valence electrons. The van der Waals surface area contributed by atoms with Crippen LogP contribution < -0.4 is 4.74 Å². The highest BCUT2D eigenvalue weighted by Gasteiger charge is 2.11. The number of aromatic nitrogens is 1. The predicted octanol–water partition coefficient (Wildman–Crippen LogP) is 4.27. The highest BCUT2D eigenvalue weighted by molar-refractivity contribution is 5.41. The molecule has 22 heavy (non-hydrogen) atoms. The Morgan fingerprint density at radius 2 is 1.36 bits per heavy atom. The molecule has 2 aromatic carbocycles. The lowest BCUT2D eigenvalue weighted by Crippen LogP contribution is -2.03. The Morgan fingerprint density at radius 3 is 1.95 bits per heavy atom. The van der Waals surface area contributed by atoms with E-state index in [1.165, 1.54) is 16.7 Å². The molecule has 0 aliphatic heterocycles. The van der Waals surface area contributed by atoms with Crippen LogP contribution in [0.5, 0.6) is 5.75 Å². The van der Waals surface area contributed by atoms with E-state index in [0.717, 1.165) is 24.3 Å². The van der Waals surface area contributed by atoms with Crippen LogP contribution in [0.3, 0.4) is 0 Å². The van der Waals surface area contributed by atoms with E-state index in [2.05, 4.69) is 53.5 Å². The van der Waals surface area contributed by atoms with Crippen LogP contribution in [-0.4, -0.2) is 12.1 Å². The van der Waals surface area contributed by atoms with Crippen molar-refractivity contribution in [3.05, 3.63) is 95.3 Å². The van der Waals surface area contributed by atoms with Crippen LogP contribution >= 0.6 is 0 Å². The van der Waals surface area contributed by atoms with Crippen molar-refractivity contribution >= 4 is 0 Å². The van der Waals surface area contributed by atoms with E-state index < -0.39 is 0 Å². The second kappa shape index (κ2) is 6.90. The van der Waals surface area contributed by atoms with E-state index >= 15 is 0 Å². The van der Waals surface area contributed by atoms with Crippen molar-refractivity contribution in [1.82, 2.24) is 4.98 Å². The zero-order valence-electron chi connectivity index (χ0n) is 12.7. The van der Waals surface area contributed by atoms with Crippen LogP contribution in [0.1, 0.15) is 22.4 Å². The van der Waals surface area contributed by atoms with Gasteiger partial charge in [0, 0.05) is 24.6 Å². The zero-order valence-corrected chi connectivity index (χ0v) is 12.7. The molecule has 0 fully saturated rings. The Hall–Kier alpha value is -2.61. The van der Waals surface area contributed by atoms with Crippen LogP contribution in [0.25, 0.3) is 0 Å². The molecule has 0 unspecified atom stereocenters. The smallest absolute Gasteiger partial charge is 0.125 e. The Bertz CT molecular complexity index is 723. The van der Waals surface area contributed by atoms with Gasteiger partial charge >= 0.3 is 0 Å². The molecule has 2 nitrogen and oxygen atoms in total. The van der Waals surface area contributed by atoms with Gasteiger partial charge in [0.2, 0.25) is 0 Å². The minimum atomic E-state index is 0.820. The third kappa shape index (κ3) is 3.34. The molecule has 0 amide bonds. The molecule has 0 aliphatic carbocycles. The van der Waals surface area contributed by atoms with E-state index in [0.29, 0.717) is 0 Å². The lowest BCUT2D eigenvalue weighted by molar-refractivity contribution is 0.409. The quantitative estimate of drug-likeness (QED) is 0.699. The van der Waals surface area contributed by atoms with Crippen LogP contribution in [0.15, 0.2) is 72.9 Å². The second-order valence-corrected chi connectivity index (χ2v) is 5.26. The largest absolute Gasteiger partial charge is 0.496 e. The van der Waals surface area contributed by atoms with Gasteiger partial charge in [0.1, 0.15) is 5.75 Å². The molecule has 1 heterocycles. The molecule has 0 radical (unpaired) electrons. The number of ether oxygens (including phenoxy) is 1. The normalized spacial score (nSPS) is 10.4. The lowest BCUT2D eigenvalue weighted by Gasteiger charge is -2.13. The van der Waals surface area contributed by atoms with Gasteiger partial charge in [0.25, 0.3) is 0 Å². The maximum absolute atomic E-state index is 5.56. The van der Waals surface area contributed by atoms with Crippen LogP contribution in [0, 0.1) is 0 Å². The molecule has 0 saturated heterocycles. The van der Waals surface area contributed by atoms with Crippen molar-refractivity contribution in [1.29, 1.82) is 0 Å². The van der Waals surface area contributed by atoms with Crippen LogP contribution in [0.2, 0.25) is 0 Å². The summed E-state index contributed by atoms with van der Waals surface area (Å²) in [6.07, 6.45) is 3.48. The van der Waals surface area contributed by atoms with E-state index in [9.17, 15) is 0 Å². The number of benzene rings is 2. The van der Waals surface area contributed by atoms with Gasteiger partial charge in [-0.05, 0) is 17.2 Å². The molecule has 1 aromatic heterocycles. The van der Waals surface area contributed by atoms with Crippen LogP contribution in [0.4, 0.5) is 0 Å². The van der Waals surface area contributed by atoms with E-state index in [1.54, 1.807) is 7.11 Å². The number of hydrogen-bond donors (Lipinski definition) is 0. The Labute approximate surface area is 131 Å². The molecular formula is C20H19NO. The molecule has 0 aliphatic rings. The zero-order chi connectivity index (χ0) is 15.2. The number of rotatable bonds is 5. The van der Waals surface area contributed by atoms with Crippen molar-refractivity contribution in [2.75, 3.05) is 7.11 Å². The Morgan fingerprint density at radius 1 is 0.773 bits per heavy atom. The molecule has 3 rings (SSSR count). The molecule has 0 saturated carbocycles. The number of nitrogens with zero attached hydrogens (tertiary/aromatic N) is 1. The molecule has 0 N–H and O–H groups in total. The van der Waals surface area contributed by atoms with E-state index in [-0.39, 0.29) is 0 Å². The van der Waals surface area contributed by atoms with Crippen molar-refractivity contribution < 1.29 is 4.74 Å². The minimum absolute atomic E-state index is 0.820. The van der Waals surface area contributed by atoms with Gasteiger partial charge in [-0.25, -0.2) is 0 Å². The van der Waals surface area contributed by atoms with Crippen LogP contribution in [-0.2, 0) is 12.8 Å². The fourth-order valence-electron chi connectivity index (χ4n) is 2.64. The summed E-state index contributed by atoms with van der Waals surface area (Å²) < 4.78 is 5.56. The van der Waals surface area contributed by atoms with Crippen molar-refractivity contribution in [2.24, 2.45) is 0 Å². The first-order valence-corrected chi connectivity index (χ1v) is 7.45. The number of hydrogen-bond acceptors (Lipinski definition) is 2. The van der Waals surface area contributed by atoms with E-state index in [4.69, 9.17) is 4.74 Å². The van der Waals surface area contributed by atoms with Gasteiger partial charge < -0.3 is 4.74 Å². The summed E-state index contributed by atoms with van der Waals surface area (Å²) in [5.74, 6) is 0.907. The lowest BCUT2D eigenvalue weighted by atomic mass is 9.98. The van der Waals surface area contributed by atoms with Crippen molar-refractivity contribution in [3.8, 4) is 5.75 Å². The molecule has 0 atom stereocenters. The van der Waals surface area contributed by atoms with Crippen molar-refractivity contribution in [2.45, 2.75) is 12.8 Å². The highest BCUT2D eigenvalue weighted by Crippen LogP contribution is 2.25. The van der Waals surface area contributed by atoms with Gasteiger partial charge in [-0.1, -0.05) is 60.7 Å². The Balaban J connectivity index is 1.95. The second-order valence-electron chi connectivity index (χ2n) is 5.26. The summed E-state index contributed by atoms with van der Waals surface area (Å²) in [4.78, 5) is 4.60. The van der Waals surface area contributed by atoms with Gasteiger partial charge in [-0.3, -0.25) is 4.98 Å². The molecule has 3 aromatic rings. The third-order valence-electron chi connectivity index (χ3n) is 3.76. The fraction of sp³-hybridized carbons (Fsp3) is 0.150. The van der Waals surface area contributed by atoms with Gasteiger partial charge in [0.15, 0.2) is 0 Å². The molecule has 0 spiro atoms. The first kappa shape index (κ1) is 14.3. The summed E-state index contributed by atoms with van der Waals surface area (Å²) in [6, 6.07) is 22.8. The fourth-order valence-corrected chi connectivity index (χ4v) is 2.64. The van der Waals surface area contributed by atoms with Gasteiger partial charge in [0.05, 0.1) is 12.8 Å². The first-order chi connectivity index (χ1) is 10.9. The highest BCUT2D eigenvalue weighted by atomic mass is 16.5. The summed E-state index contributed by atoms with van der Waals surface area (Å²) in [7, 11) is 1.72. The topological polar surface area (TPSA) is 22.1 Å². The maximum atomic E-state index is 5.56. The molecule has 0 bridgehead atoms. The number of pyridine rings is 1. The predicted molar refractivity (Wildman–Crippen MR) is 89.3 cm³/mol. The van der Waals surface area contributed by atoms with Crippen molar-refractivity contribution in [3.63, 3.8) is 0 Å². The third-order valence-corrected chi connectivity index (χ3v) is 3.76. The van der Waals surface area contributed by atoms with Gasteiger partial charge in [-0.2, -0.15) is 0 Å². The molecule has 2 heteroatoms. The summed E-state index contributed by atoms with van der Waals surface area (Å²) >= 11 is 0. The summed E-state index contributed by atoms with van der Waals surface area (Å²) in [5, 5.41) is 0. The Kier molecular flexibility index (Phi) is 4.50. The monoisotopic (exact) mass is 289 g/mol. The summed E-state index contributed by atoms with van der Waals surface area (Å²) in [6.45, 7) is 0. The number of methoxy groups -OCH3 is 1. The average molecular weight is 289 g/mol. The summed E-state index contributed by atoms with van der Waals surface area (Å²) in [5.41, 5.74) is 4.77. The standard InChI is InChI=1S/C20H19NO/c1-22-20-12-13-21-19(15-17-10-6-3-7-11-17)18(20)14-16-8-4-2-5-9-16/h2-13H,14-15H2,1H3.